The molecule has 0 aliphatic carbocycles. The second kappa shape index (κ2) is 4.73. The lowest BCUT2D eigenvalue weighted by Gasteiger charge is -2.06. The van der Waals surface area contributed by atoms with Crippen molar-refractivity contribution in [2.45, 2.75) is 20.1 Å². The van der Waals surface area contributed by atoms with Gasteiger partial charge >= 0.3 is 0 Å². The van der Waals surface area contributed by atoms with Crippen LogP contribution in [0, 0.1) is 5.92 Å². The van der Waals surface area contributed by atoms with Crippen molar-refractivity contribution in [3.8, 4) is 0 Å². The molecule has 0 aromatic carbocycles. The summed E-state index contributed by atoms with van der Waals surface area (Å²) in [6.07, 6.45) is -1.33. The van der Waals surface area contributed by atoms with E-state index in [1.54, 1.807) is 0 Å². The van der Waals surface area contributed by atoms with Gasteiger partial charge < -0.3 is 14.9 Å². The number of aliphatic hydroxyl groups is 2. The van der Waals surface area contributed by atoms with Crippen molar-refractivity contribution in [2.75, 3.05) is 13.2 Å². The van der Waals surface area contributed by atoms with Gasteiger partial charge in [0.05, 0.1) is 6.61 Å². The van der Waals surface area contributed by atoms with Crippen LogP contribution in [0.5, 0.6) is 0 Å². The molecule has 0 saturated heterocycles. The largest absolute Gasteiger partial charge is 0.376 e. The van der Waals surface area contributed by atoms with Crippen molar-refractivity contribution in [1.82, 2.24) is 0 Å². The van der Waals surface area contributed by atoms with E-state index in [-0.39, 0.29) is 6.61 Å². The van der Waals surface area contributed by atoms with E-state index in [4.69, 9.17) is 14.9 Å². The Bertz CT molecular complexity index is 53.3. The standard InChI is InChI=1S/C6H14O3/c1-5(2)3-9-4-6(7)8/h5-8H,3-4H2,1-2H3. The summed E-state index contributed by atoms with van der Waals surface area (Å²) in [7, 11) is 0. The molecular weight excluding hydrogens is 120 g/mol. The van der Waals surface area contributed by atoms with Crippen molar-refractivity contribution < 1.29 is 14.9 Å². The Morgan fingerprint density at radius 1 is 1.22 bits per heavy atom. The SMILES string of the molecule is CC(C)COCC(O)O. The summed E-state index contributed by atoms with van der Waals surface area (Å²) in [6.45, 7) is 4.60. The Morgan fingerprint density at radius 2 is 1.78 bits per heavy atom. The number of aliphatic hydroxyl groups excluding tert-OH is 1. The van der Waals surface area contributed by atoms with Crippen molar-refractivity contribution in [1.29, 1.82) is 0 Å². The van der Waals surface area contributed by atoms with Crippen molar-refractivity contribution in [3.63, 3.8) is 0 Å². The molecule has 3 heteroatoms. The molecule has 0 bridgehead atoms. The maximum absolute atomic E-state index is 8.30. The Hall–Kier alpha value is -0.120. The highest BCUT2D eigenvalue weighted by Gasteiger charge is 1.97. The Kier molecular flexibility index (Phi) is 4.67. The lowest BCUT2D eigenvalue weighted by atomic mass is 10.2. The quantitative estimate of drug-likeness (QED) is 0.531. The Morgan fingerprint density at radius 3 is 2.11 bits per heavy atom. The van der Waals surface area contributed by atoms with Gasteiger partial charge in [-0.2, -0.15) is 0 Å². The van der Waals surface area contributed by atoms with Gasteiger partial charge in [-0.05, 0) is 5.92 Å². The van der Waals surface area contributed by atoms with Crippen LogP contribution in [0.4, 0.5) is 0 Å². The fraction of sp³-hybridized carbons (Fsp3) is 1.00. The molecule has 0 spiro atoms. The van der Waals surface area contributed by atoms with E-state index in [1.165, 1.54) is 0 Å². The second-order valence-electron chi connectivity index (χ2n) is 2.41. The van der Waals surface area contributed by atoms with Crippen molar-refractivity contribution in [3.05, 3.63) is 0 Å². The topological polar surface area (TPSA) is 49.7 Å². The third-order valence-corrected chi connectivity index (χ3v) is 0.718. The zero-order valence-corrected chi connectivity index (χ0v) is 5.87. The summed E-state index contributed by atoms with van der Waals surface area (Å²) >= 11 is 0. The van der Waals surface area contributed by atoms with E-state index in [1.807, 2.05) is 13.8 Å². The summed E-state index contributed by atoms with van der Waals surface area (Å²) in [5.74, 6) is 0.448. The lowest BCUT2D eigenvalue weighted by Crippen LogP contribution is -2.15. The van der Waals surface area contributed by atoms with E-state index in [0.717, 1.165) is 0 Å². The number of hydrogen-bond acceptors (Lipinski definition) is 3. The molecule has 3 nitrogen and oxygen atoms in total. The van der Waals surface area contributed by atoms with E-state index in [9.17, 15) is 0 Å². The molecule has 0 aromatic rings. The van der Waals surface area contributed by atoms with Crippen LogP contribution in [0.3, 0.4) is 0 Å². The minimum atomic E-state index is -1.33. The third kappa shape index (κ3) is 7.88. The van der Waals surface area contributed by atoms with Gasteiger partial charge in [0.2, 0.25) is 0 Å². The van der Waals surface area contributed by atoms with Crippen LogP contribution in [0.1, 0.15) is 13.8 Å². The molecule has 0 fully saturated rings. The van der Waals surface area contributed by atoms with Gasteiger partial charge in [-0.25, -0.2) is 0 Å². The average molecular weight is 134 g/mol. The highest BCUT2D eigenvalue weighted by Crippen LogP contribution is 1.92. The molecule has 0 rings (SSSR count). The van der Waals surface area contributed by atoms with Gasteiger partial charge in [0.25, 0.3) is 0 Å². The molecule has 0 radical (unpaired) electrons. The first kappa shape index (κ1) is 8.88. The fourth-order valence-corrected chi connectivity index (χ4v) is 0.409. The molecule has 9 heavy (non-hydrogen) atoms. The van der Waals surface area contributed by atoms with Gasteiger partial charge in [-0.1, -0.05) is 13.8 Å². The van der Waals surface area contributed by atoms with Gasteiger partial charge in [0, 0.05) is 6.61 Å². The monoisotopic (exact) mass is 134 g/mol. The third-order valence-electron chi connectivity index (χ3n) is 0.718. The molecule has 0 aliphatic rings. The highest BCUT2D eigenvalue weighted by molar-refractivity contribution is 4.39. The van der Waals surface area contributed by atoms with E-state index < -0.39 is 6.29 Å². The summed E-state index contributed by atoms with van der Waals surface area (Å²) < 4.78 is 4.86. The van der Waals surface area contributed by atoms with Crippen LogP contribution < -0.4 is 0 Å². The molecular formula is C6H14O3. The van der Waals surface area contributed by atoms with Gasteiger partial charge in [-0.15, -0.1) is 0 Å². The maximum atomic E-state index is 8.30. The first-order valence-corrected chi connectivity index (χ1v) is 3.06. The molecule has 2 N–H and O–H groups in total. The van der Waals surface area contributed by atoms with Crippen molar-refractivity contribution in [2.24, 2.45) is 5.92 Å². The molecule has 0 amide bonds. The minimum Gasteiger partial charge on any atom is -0.376 e. The van der Waals surface area contributed by atoms with E-state index >= 15 is 0 Å². The second-order valence-corrected chi connectivity index (χ2v) is 2.41. The molecule has 0 saturated carbocycles. The van der Waals surface area contributed by atoms with Crippen LogP contribution in [-0.4, -0.2) is 29.7 Å². The zero-order chi connectivity index (χ0) is 7.28. The van der Waals surface area contributed by atoms with E-state index in [0.29, 0.717) is 12.5 Å². The lowest BCUT2D eigenvalue weighted by molar-refractivity contribution is -0.0978. The Balaban J connectivity index is 2.91. The molecule has 0 unspecified atom stereocenters. The van der Waals surface area contributed by atoms with Crippen molar-refractivity contribution >= 4 is 0 Å². The van der Waals surface area contributed by atoms with Gasteiger partial charge in [-0.3, -0.25) is 0 Å². The first-order valence-electron chi connectivity index (χ1n) is 3.06. The normalized spacial score (nSPS) is 11.3. The summed E-state index contributed by atoms with van der Waals surface area (Å²) in [5, 5.41) is 16.6. The smallest absolute Gasteiger partial charge is 0.175 e. The fourth-order valence-electron chi connectivity index (χ4n) is 0.409. The first-order chi connectivity index (χ1) is 4.13. The minimum absolute atomic E-state index is 0.0121. The number of hydrogen-bond donors (Lipinski definition) is 2. The predicted molar refractivity (Wildman–Crippen MR) is 33.9 cm³/mol. The van der Waals surface area contributed by atoms with Crippen LogP contribution >= 0.6 is 0 Å². The summed E-state index contributed by atoms with van der Waals surface area (Å²) in [4.78, 5) is 0. The summed E-state index contributed by atoms with van der Waals surface area (Å²) in [6, 6.07) is 0. The predicted octanol–water partition coefficient (Wildman–Crippen LogP) is -0.0303. The van der Waals surface area contributed by atoms with Crippen LogP contribution in [0.2, 0.25) is 0 Å². The molecule has 0 atom stereocenters. The highest BCUT2D eigenvalue weighted by atomic mass is 16.5. The molecule has 0 aromatic heterocycles. The number of ether oxygens (including phenoxy) is 1. The molecule has 0 heterocycles. The van der Waals surface area contributed by atoms with Crippen LogP contribution in [-0.2, 0) is 4.74 Å². The zero-order valence-electron chi connectivity index (χ0n) is 5.87. The summed E-state index contributed by atoms with van der Waals surface area (Å²) in [5.41, 5.74) is 0. The van der Waals surface area contributed by atoms with Gasteiger partial charge in [0.15, 0.2) is 6.29 Å². The average Bonchev–Trinajstić information content (AvgIpc) is 1.63. The van der Waals surface area contributed by atoms with Gasteiger partial charge in [0.1, 0.15) is 0 Å². The maximum Gasteiger partial charge on any atom is 0.175 e. The molecule has 56 valence electrons. The van der Waals surface area contributed by atoms with Crippen LogP contribution in [0.25, 0.3) is 0 Å². The van der Waals surface area contributed by atoms with E-state index in [2.05, 4.69) is 0 Å². The number of rotatable bonds is 4. The Labute approximate surface area is 55.3 Å². The molecule has 0 aliphatic heterocycles. The van der Waals surface area contributed by atoms with Crippen LogP contribution in [0.15, 0.2) is 0 Å².